The van der Waals surface area contributed by atoms with E-state index in [4.69, 9.17) is 34.8 Å². The Kier molecular flexibility index (Phi) is 11.0. The van der Waals surface area contributed by atoms with Gasteiger partial charge in [-0.15, -0.1) is 11.8 Å². The van der Waals surface area contributed by atoms with E-state index in [1.54, 1.807) is 66.7 Å². The second-order valence-electron chi connectivity index (χ2n) is 9.05. The highest BCUT2D eigenvalue weighted by Crippen LogP contribution is 2.34. The van der Waals surface area contributed by atoms with Gasteiger partial charge < -0.3 is 16.0 Å². The van der Waals surface area contributed by atoms with Crippen LogP contribution < -0.4 is 16.0 Å². The van der Waals surface area contributed by atoms with Gasteiger partial charge in [-0.1, -0.05) is 59.1 Å². The summed E-state index contributed by atoms with van der Waals surface area (Å²) in [6, 6.07) is 22.2. The molecule has 4 aromatic carbocycles. The number of rotatable bonds is 9. The molecule has 3 amide bonds. The molecule has 0 bridgehead atoms. The van der Waals surface area contributed by atoms with E-state index in [2.05, 4.69) is 16.0 Å². The van der Waals surface area contributed by atoms with Crippen molar-refractivity contribution in [3.8, 4) is 0 Å². The summed E-state index contributed by atoms with van der Waals surface area (Å²) in [6.45, 7) is 0. The molecule has 3 N–H and O–H groups in total. The lowest BCUT2D eigenvalue weighted by molar-refractivity contribution is -0.137. The van der Waals surface area contributed by atoms with Crippen molar-refractivity contribution in [2.24, 2.45) is 0 Å². The minimum Gasteiger partial charge on any atom is -0.324 e. The number of carbonyl (C=O) groups excluding carboxylic acids is 3. The number of hydrogen-bond acceptors (Lipinski definition) is 4. The van der Waals surface area contributed by atoms with Gasteiger partial charge in [0.25, 0.3) is 11.8 Å². The number of hydrogen-bond donors (Lipinski definition) is 3. The van der Waals surface area contributed by atoms with Crippen molar-refractivity contribution >= 4 is 81.7 Å². The van der Waals surface area contributed by atoms with Gasteiger partial charge in [-0.2, -0.15) is 13.2 Å². The van der Waals surface area contributed by atoms with Crippen LogP contribution in [0.2, 0.25) is 15.1 Å². The highest BCUT2D eigenvalue weighted by Gasteiger charge is 2.31. The fourth-order valence-corrected chi connectivity index (χ4v) is 5.01. The Morgan fingerprint density at radius 3 is 2.16 bits per heavy atom. The smallest absolute Gasteiger partial charge is 0.324 e. The van der Waals surface area contributed by atoms with Crippen LogP contribution in [0.25, 0.3) is 6.08 Å². The van der Waals surface area contributed by atoms with Crippen LogP contribution in [0, 0.1) is 0 Å². The molecule has 44 heavy (non-hydrogen) atoms. The molecule has 0 fully saturated rings. The Bertz CT molecular complexity index is 1720. The van der Waals surface area contributed by atoms with E-state index in [1.807, 2.05) is 0 Å². The van der Waals surface area contributed by atoms with Crippen molar-refractivity contribution in [2.75, 3.05) is 16.4 Å². The molecule has 0 spiro atoms. The molecule has 0 aliphatic carbocycles. The van der Waals surface area contributed by atoms with Gasteiger partial charge in [-0.25, -0.2) is 0 Å². The molecule has 226 valence electrons. The number of halogens is 6. The fraction of sp³-hybridized carbons (Fsp3) is 0.0645. The van der Waals surface area contributed by atoms with Gasteiger partial charge in [0.1, 0.15) is 5.70 Å². The van der Waals surface area contributed by atoms with Crippen molar-refractivity contribution in [1.29, 1.82) is 0 Å². The standard InChI is InChI=1S/C31H21Cl3F3N3O3S/c32-21-8-6-19(25(34)16-21)14-27(40-29(42)18-4-2-1-3-5-18)30(43)38-22-9-11-23(12-10-22)44-17-28(41)39-26-15-20(31(35,36)37)7-13-24(26)33/h1-16H,17H2,(H,38,43)(H,39,41)(H,40,42)/b27-14-. The second-order valence-corrected chi connectivity index (χ2v) is 11.4. The van der Waals surface area contributed by atoms with Gasteiger partial charge in [-0.3, -0.25) is 14.4 Å². The zero-order valence-corrected chi connectivity index (χ0v) is 25.4. The zero-order valence-electron chi connectivity index (χ0n) is 22.3. The second kappa shape index (κ2) is 14.7. The third kappa shape index (κ3) is 9.27. The first-order valence-corrected chi connectivity index (χ1v) is 14.7. The Balaban J connectivity index is 1.42. The molecule has 0 aliphatic heterocycles. The van der Waals surface area contributed by atoms with Crippen LogP contribution in [0.5, 0.6) is 0 Å². The summed E-state index contributed by atoms with van der Waals surface area (Å²) in [7, 11) is 0. The zero-order chi connectivity index (χ0) is 31.9. The molecule has 0 unspecified atom stereocenters. The molecule has 4 rings (SSSR count). The summed E-state index contributed by atoms with van der Waals surface area (Å²) in [5, 5.41) is 8.38. The van der Waals surface area contributed by atoms with E-state index in [9.17, 15) is 27.6 Å². The summed E-state index contributed by atoms with van der Waals surface area (Å²) in [4.78, 5) is 39.1. The first-order valence-electron chi connectivity index (χ1n) is 12.6. The summed E-state index contributed by atoms with van der Waals surface area (Å²) >= 11 is 19.3. The molecule has 0 saturated heterocycles. The molecular formula is C31H21Cl3F3N3O3S. The van der Waals surface area contributed by atoms with Crippen LogP contribution in [0.15, 0.2) is 102 Å². The van der Waals surface area contributed by atoms with Gasteiger partial charge in [0.2, 0.25) is 5.91 Å². The first kappa shape index (κ1) is 32.9. The molecule has 0 saturated carbocycles. The third-order valence-corrected chi connectivity index (χ3v) is 7.75. The average molecular weight is 679 g/mol. The minimum atomic E-state index is -4.58. The Labute approximate surface area is 269 Å². The summed E-state index contributed by atoms with van der Waals surface area (Å²) < 4.78 is 39.0. The minimum absolute atomic E-state index is 0.0249. The van der Waals surface area contributed by atoms with Crippen molar-refractivity contribution in [3.05, 3.63) is 128 Å². The molecule has 6 nitrogen and oxygen atoms in total. The topological polar surface area (TPSA) is 87.3 Å². The van der Waals surface area contributed by atoms with Crippen LogP contribution in [-0.2, 0) is 15.8 Å². The lowest BCUT2D eigenvalue weighted by Crippen LogP contribution is -2.30. The van der Waals surface area contributed by atoms with E-state index in [1.165, 1.54) is 12.1 Å². The third-order valence-electron chi connectivity index (χ3n) is 5.84. The Hall–Kier alpha value is -3.96. The fourth-order valence-electron chi connectivity index (χ4n) is 3.68. The van der Waals surface area contributed by atoms with Crippen molar-refractivity contribution in [1.82, 2.24) is 5.32 Å². The van der Waals surface area contributed by atoms with E-state index < -0.39 is 29.5 Å². The maximum Gasteiger partial charge on any atom is 0.416 e. The Morgan fingerprint density at radius 1 is 0.795 bits per heavy atom. The number of thioether (sulfide) groups is 1. The van der Waals surface area contributed by atoms with Crippen molar-refractivity contribution in [3.63, 3.8) is 0 Å². The number of nitrogens with one attached hydrogen (secondary N) is 3. The maximum atomic E-state index is 13.2. The largest absolute Gasteiger partial charge is 0.416 e. The molecule has 0 heterocycles. The van der Waals surface area contributed by atoms with Gasteiger partial charge in [0.05, 0.1) is 22.0 Å². The van der Waals surface area contributed by atoms with Crippen molar-refractivity contribution in [2.45, 2.75) is 11.1 Å². The van der Waals surface area contributed by atoms with E-state index in [0.29, 0.717) is 26.7 Å². The lowest BCUT2D eigenvalue weighted by atomic mass is 10.1. The molecule has 13 heteroatoms. The number of anilines is 2. The molecule has 0 radical (unpaired) electrons. The quantitative estimate of drug-likeness (QED) is 0.122. The summed E-state index contributed by atoms with van der Waals surface area (Å²) in [5.74, 6) is -1.80. The van der Waals surface area contributed by atoms with Crippen LogP contribution >= 0.6 is 46.6 Å². The number of amides is 3. The van der Waals surface area contributed by atoms with Crippen LogP contribution in [0.3, 0.4) is 0 Å². The molecule has 0 aliphatic rings. The van der Waals surface area contributed by atoms with Crippen LogP contribution in [-0.4, -0.2) is 23.5 Å². The van der Waals surface area contributed by atoms with Crippen LogP contribution in [0.1, 0.15) is 21.5 Å². The van der Waals surface area contributed by atoms with E-state index >= 15 is 0 Å². The monoisotopic (exact) mass is 677 g/mol. The lowest BCUT2D eigenvalue weighted by Gasteiger charge is -2.13. The number of benzene rings is 4. The highest BCUT2D eigenvalue weighted by atomic mass is 35.5. The summed E-state index contributed by atoms with van der Waals surface area (Å²) in [5.41, 5.74) is 0.0258. The number of carbonyl (C=O) groups is 3. The molecule has 0 aromatic heterocycles. The predicted molar refractivity (Wildman–Crippen MR) is 169 cm³/mol. The highest BCUT2D eigenvalue weighted by molar-refractivity contribution is 8.00. The molecular weight excluding hydrogens is 658 g/mol. The Morgan fingerprint density at radius 2 is 1.50 bits per heavy atom. The van der Waals surface area contributed by atoms with E-state index in [0.717, 1.165) is 30.0 Å². The van der Waals surface area contributed by atoms with E-state index in [-0.39, 0.29) is 27.2 Å². The van der Waals surface area contributed by atoms with Crippen molar-refractivity contribution < 1.29 is 27.6 Å². The van der Waals surface area contributed by atoms with Gasteiger partial charge in [-0.05, 0) is 78.4 Å². The average Bonchev–Trinajstić information content (AvgIpc) is 2.98. The molecule has 0 atom stereocenters. The van der Waals surface area contributed by atoms with Gasteiger partial charge in [0.15, 0.2) is 0 Å². The van der Waals surface area contributed by atoms with Gasteiger partial charge >= 0.3 is 6.18 Å². The predicted octanol–water partition coefficient (Wildman–Crippen LogP) is 8.81. The van der Waals surface area contributed by atoms with Gasteiger partial charge in [0, 0.05) is 26.2 Å². The maximum absolute atomic E-state index is 13.2. The van der Waals surface area contributed by atoms with Crippen LogP contribution in [0.4, 0.5) is 24.5 Å². The first-order chi connectivity index (χ1) is 20.9. The number of alkyl halides is 3. The SMILES string of the molecule is O=C(CSc1ccc(NC(=O)/C(=C/c2ccc(Cl)cc2Cl)NC(=O)c2ccccc2)cc1)Nc1cc(C(F)(F)F)ccc1Cl. The molecule has 4 aromatic rings. The normalized spacial score (nSPS) is 11.5. The summed E-state index contributed by atoms with van der Waals surface area (Å²) in [6.07, 6.45) is -3.16.